The number of aliphatic hydroxyl groups excluding tert-OH is 7. The van der Waals surface area contributed by atoms with E-state index in [4.69, 9.17) is 28.4 Å². The summed E-state index contributed by atoms with van der Waals surface area (Å²) in [6.07, 6.45) is 28.4. The van der Waals surface area contributed by atoms with Crippen LogP contribution < -0.4 is 0 Å². The van der Waals surface area contributed by atoms with Crippen LogP contribution in [-0.4, -0.2) is 142 Å². The standard InChI is InChI=1S/C53H90O15/c1-3-5-7-9-11-13-15-17-19-20-22-24-26-28-30-32-34-36-45(56)66-41(38-63-44(55)35-33-31-29-27-25-23-21-18-16-14-12-10-8-6-4-2)39-64-52-51(62)49(60)47(58)43(68-52)40-65-53-50(61)48(59)46(57)42(37-54)67-53/h11,13,17,19,22,24,28-31,41-43,46-54,57-62H,3-10,12,14-16,18,20-21,23,25-27,32-40H2,1-2H3/b13-11+,19-17+,24-22+,30-28+,31-29+/t41-,42+,43+,46-,47-,48?,49?,50?,51?,52+,53+/m1/s1. The highest BCUT2D eigenvalue weighted by atomic mass is 16.7. The number of rotatable bonds is 39. The average Bonchev–Trinajstić information content (AvgIpc) is 3.33. The monoisotopic (exact) mass is 967 g/mol. The predicted molar refractivity (Wildman–Crippen MR) is 261 cm³/mol. The molecule has 4 unspecified atom stereocenters. The van der Waals surface area contributed by atoms with E-state index in [1.165, 1.54) is 83.5 Å². The summed E-state index contributed by atoms with van der Waals surface area (Å²) in [6.45, 7) is 2.46. The van der Waals surface area contributed by atoms with Crippen LogP contribution in [0.1, 0.15) is 168 Å². The van der Waals surface area contributed by atoms with Crippen molar-refractivity contribution in [1.29, 1.82) is 0 Å². The van der Waals surface area contributed by atoms with Crippen molar-refractivity contribution in [1.82, 2.24) is 0 Å². The quantitative estimate of drug-likeness (QED) is 0.0183. The van der Waals surface area contributed by atoms with Gasteiger partial charge in [-0.2, -0.15) is 0 Å². The van der Waals surface area contributed by atoms with E-state index in [-0.39, 0.29) is 19.4 Å². The number of ether oxygens (including phenoxy) is 6. The van der Waals surface area contributed by atoms with Gasteiger partial charge >= 0.3 is 11.9 Å². The summed E-state index contributed by atoms with van der Waals surface area (Å²) in [5.41, 5.74) is 0. The van der Waals surface area contributed by atoms with Crippen LogP contribution in [0.3, 0.4) is 0 Å². The summed E-state index contributed by atoms with van der Waals surface area (Å²) >= 11 is 0. The first-order valence-electron chi connectivity index (χ1n) is 25.9. The molecule has 15 heteroatoms. The molecule has 0 radical (unpaired) electrons. The first kappa shape index (κ1) is 61.3. The van der Waals surface area contributed by atoms with Crippen LogP contribution in [0.4, 0.5) is 0 Å². The lowest BCUT2D eigenvalue weighted by Gasteiger charge is -2.42. The molecule has 0 aliphatic carbocycles. The van der Waals surface area contributed by atoms with E-state index in [1.54, 1.807) is 0 Å². The third-order valence-electron chi connectivity index (χ3n) is 12.0. The zero-order valence-corrected chi connectivity index (χ0v) is 41.3. The second-order valence-corrected chi connectivity index (χ2v) is 18.0. The Labute approximate surface area is 407 Å². The predicted octanol–water partition coefficient (Wildman–Crippen LogP) is 7.27. The van der Waals surface area contributed by atoms with Crippen LogP contribution >= 0.6 is 0 Å². The number of hydrogen-bond donors (Lipinski definition) is 7. The van der Waals surface area contributed by atoms with Crippen molar-refractivity contribution in [2.45, 2.75) is 235 Å². The number of aliphatic hydroxyl groups is 7. The largest absolute Gasteiger partial charge is 0.462 e. The van der Waals surface area contributed by atoms with Gasteiger partial charge in [-0.1, -0.05) is 152 Å². The molecule has 2 aliphatic heterocycles. The molecule has 0 amide bonds. The van der Waals surface area contributed by atoms with E-state index in [9.17, 15) is 45.3 Å². The van der Waals surface area contributed by atoms with Gasteiger partial charge in [0.2, 0.25) is 0 Å². The Hall–Kier alpha value is -2.80. The lowest BCUT2D eigenvalue weighted by molar-refractivity contribution is -0.332. The maximum Gasteiger partial charge on any atom is 0.306 e. The summed E-state index contributed by atoms with van der Waals surface area (Å²) in [6, 6.07) is 0. The van der Waals surface area contributed by atoms with E-state index in [0.29, 0.717) is 19.3 Å². The minimum atomic E-state index is -1.78. The summed E-state index contributed by atoms with van der Waals surface area (Å²) in [4.78, 5) is 25.7. The van der Waals surface area contributed by atoms with Crippen LogP contribution in [0.25, 0.3) is 0 Å². The Morgan fingerprint density at radius 2 is 0.912 bits per heavy atom. The first-order valence-corrected chi connectivity index (χ1v) is 25.9. The number of carbonyl (C=O) groups excluding carboxylic acids is 2. The maximum atomic E-state index is 13.0. The molecule has 0 aromatic heterocycles. The van der Waals surface area contributed by atoms with Crippen LogP contribution in [0.5, 0.6) is 0 Å². The number of hydrogen-bond acceptors (Lipinski definition) is 15. The van der Waals surface area contributed by atoms with Crippen molar-refractivity contribution in [3.05, 3.63) is 60.8 Å². The van der Waals surface area contributed by atoms with Crippen molar-refractivity contribution in [3.8, 4) is 0 Å². The van der Waals surface area contributed by atoms with E-state index in [2.05, 4.69) is 56.4 Å². The highest BCUT2D eigenvalue weighted by Crippen LogP contribution is 2.26. The van der Waals surface area contributed by atoms with Crippen molar-refractivity contribution in [2.24, 2.45) is 0 Å². The molecule has 68 heavy (non-hydrogen) atoms. The molecular formula is C53H90O15. The Morgan fingerprint density at radius 3 is 1.49 bits per heavy atom. The lowest BCUT2D eigenvalue weighted by atomic mass is 9.98. The molecule has 7 N–H and O–H groups in total. The molecule has 392 valence electrons. The van der Waals surface area contributed by atoms with E-state index < -0.39 is 99.3 Å². The summed E-state index contributed by atoms with van der Waals surface area (Å²) in [5, 5.41) is 72.1. The lowest BCUT2D eigenvalue weighted by Crippen LogP contribution is -2.61. The van der Waals surface area contributed by atoms with Crippen LogP contribution in [0, 0.1) is 0 Å². The SMILES string of the molecule is CCCCC/C=C/C/C=C/C/C=C/C/C=C/CCCC(=O)O[C@H](COC(=O)CC/C=C/CCCCCCCCCCCCC)CO[C@H]1O[C@@H](CO[C@H]2O[C@@H](CO)[C@@H](O)C(O)C2O)[C@@H](O)C(O)C1O. The molecule has 15 nitrogen and oxygen atoms in total. The third kappa shape index (κ3) is 27.6. The number of unbranched alkanes of at least 4 members (excludes halogenated alkanes) is 15. The fourth-order valence-corrected chi connectivity index (χ4v) is 7.70. The van der Waals surface area contributed by atoms with E-state index >= 15 is 0 Å². The second-order valence-electron chi connectivity index (χ2n) is 18.0. The van der Waals surface area contributed by atoms with Gasteiger partial charge < -0.3 is 64.2 Å². The molecule has 2 heterocycles. The van der Waals surface area contributed by atoms with E-state index in [1.807, 2.05) is 18.2 Å². The minimum Gasteiger partial charge on any atom is -0.462 e. The third-order valence-corrected chi connectivity index (χ3v) is 12.0. The summed E-state index contributed by atoms with van der Waals surface area (Å²) in [5.74, 6) is -1.05. The Balaban J connectivity index is 1.85. The molecule has 11 atom stereocenters. The van der Waals surface area contributed by atoms with Crippen molar-refractivity contribution in [2.75, 3.05) is 26.4 Å². The van der Waals surface area contributed by atoms with Crippen LogP contribution in [-0.2, 0) is 38.0 Å². The van der Waals surface area contributed by atoms with Gasteiger partial charge in [-0.25, -0.2) is 0 Å². The van der Waals surface area contributed by atoms with E-state index in [0.717, 1.165) is 38.5 Å². The fourth-order valence-electron chi connectivity index (χ4n) is 7.70. The number of allylic oxidation sites excluding steroid dienone is 10. The van der Waals surface area contributed by atoms with Gasteiger partial charge in [-0.15, -0.1) is 0 Å². The zero-order chi connectivity index (χ0) is 49.6. The molecule has 0 saturated carbocycles. The van der Waals surface area contributed by atoms with Gasteiger partial charge in [0.25, 0.3) is 0 Å². The number of carbonyl (C=O) groups is 2. The topological polar surface area (TPSA) is 231 Å². The molecule has 2 saturated heterocycles. The Morgan fingerprint density at radius 1 is 0.471 bits per heavy atom. The van der Waals surface area contributed by atoms with Crippen molar-refractivity contribution < 1.29 is 73.8 Å². The maximum absolute atomic E-state index is 13.0. The first-order chi connectivity index (χ1) is 33.0. The summed E-state index contributed by atoms with van der Waals surface area (Å²) in [7, 11) is 0. The molecular weight excluding hydrogens is 877 g/mol. The molecule has 2 rings (SSSR count). The molecule has 0 aromatic carbocycles. The van der Waals surface area contributed by atoms with Crippen molar-refractivity contribution in [3.63, 3.8) is 0 Å². The normalized spacial score (nSPS) is 26.2. The molecule has 0 spiro atoms. The van der Waals surface area contributed by atoms with Gasteiger partial charge in [-0.05, 0) is 64.2 Å². The molecule has 0 bridgehead atoms. The number of esters is 2. The fraction of sp³-hybridized carbons (Fsp3) is 0.774. The molecule has 2 fully saturated rings. The molecule has 2 aliphatic rings. The summed E-state index contributed by atoms with van der Waals surface area (Å²) < 4.78 is 33.4. The Kier molecular flexibility index (Phi) is 36.0. The minimum absolute atomic E-state index is 0.0806. The van der Waals surface area contributed by atoms with Crippen LogP contribution in [0.2, 0.25) is 0 Å². The smallest absolute Gasteiger partial charge is 0.306 e. The zero-order valence-electron chi connectivity index (χ0n) is 41.3. The van der Waals surface area contributed by atoms with Crippen LogP contribution in [0.15, 0.2) is 60.8 Å². The highest BCUT2D eigenvalue weighted by Gasteiger charge is 2.47. The molecule has 0 aromatic rings. The van der Waals surface area contributed by atoms with Gasteiger partial charge in [-0.3, -0.25) is 9.59 Å². The highest BCUT2D eigenvalue weighted by molar-refractivity contribution is 5.70. The van der Waals surface area contributed by atoms with Gasteiger partial charge in [0.1, 0.15) is 55.4 Å². The van der Waals surface area contributed by atoms with Crippen molar-refractivity contribution >= 4 is 11.9 Å². The van der Waals surface area contributed by atoms with Gasteiger partial charge in [0, 0.05) is 12.8 Å². The van der Waals surface area contributed by atoms with Gasteiger partial charge in [0.15, 0.2) is 18.7 Å². The second kappa shape index (κ2) is 39.9. The Bertz CT molecular complexity index is 1420. The van der Waals surface area contributed by atoms with Gasteiger partial charge in [0.05, 0.1) is 19.8 Å². The average molecular weight is 967 g/mol.